The number of halogens is 2. The topological polar surface area (TPSA) is 87.3 Å². The minimum atomic E-state index is -3.77. The average molecular weight is 463 g/mol. The van der Waals surface area contributed by atoms with E-state index in [2.05, 4.69) is 47.2 Å². The van der Waals surface area contributed by atoms with Crippen molar-refractivity contribution in [1.29, 1.82) is 0 Å². The number of nitrogens with one attached hydrogen (secondary N) is 3. The van der Waals surface area contributed by atoms with Crippen molar-refractivity contribution in [2.45, 2.75) is 4.90 Å². The van der Waals surface area contributed by atoms with Gasteiger partial charge in [-0.25, -0.2) is 13.2 Å². The minimum Gasteiger partial charge on any atom is -0.341 e. The van der Waals surface area contributed by atoms with E-state index in [1.807, 2.05) is 0 Å². The van der Waals surface area contributed by atoms with Gasteiger partial charge in [0.05, 0.1) is 5.69 Å². The van der Waals surface area contributed by atoms with Crippen LogP contribution >= 0.6 is 31.9 Å². The molecular weight excluding hydrogens is 450 g/mol. The molecule has 23 heavy (non-hydrogen) atoms. The van der Waals surface area contributed by atoms with E-state index < -0.39 is 10.0 Å². The molecule has 0 aliphatic rings. The second-order valence-corrected chi connectivity index (χ2v) is 7.89. The van der Waals surface area contributed by atoms with Crippen LogP contribution in [0.3, 0.4) is 0 Å². The van der Waals surface area contributed by atoms with Crippen molar-refractivity contribution in [2.24, 2.45) is 0 Å². The number of urea groups is 1. The number of sulfonamides is 1. The lowest BCUT2D eigenvalue weighted by atomic mass is 10.3. The van der Waals surface area contributed by atoms with E-state index in [9.17, 15) is 13.2 Å². The predicted octanol–water partition coefficient (Wildman–Crippen LogP) is 3.76. The second-order valence-electron chi connectivity index (χ2n) is 4.47. The largest absolute Gasteiger partial charge is 0.341 e. The molecule has 2 rings (SSSR count). The molecule has 0 fully saturated rings. The van der Waals surface area contributed by atoms with Crippen LogP contribution in [0.15, 0.2) is 56.3 Å². The Bertz CT molecular complexity index is 841. The highest BCUT2D eigenvalue weighted by Gasteiger charge is 2.18. The lowest BCUT2D eigenvalue weighted by Gasteiger charge is -2.11. The quantitative estimate of drug-likeness (QED) is 0.646. The van der Waals surface area contributed by atoms with Crippen molar-refractivity contribution in [3.8, 4) is 0 Å². The lowest BCUT2D eigenvalue weighted by molar-refractivity contribution is 0.254. The second kappa shape index (κ2) is 7.33. The van der Waals surface area contributed by atoms with E-state index >= 15 is 0 Å². The number of anilines is 2. The Labute approximate surface area is 151 Å². The molecule has 6 nitrogen and oxygen atoms in total. The normalized spacial score (nSPS) is 10.9. The van der Waals surface area contributed by atoms with E-state index in [-0.39, 0.29) is 10.9 Å². The summed E-state index contributed by atoms with van der Waals surface area (Å²) >= 11 is 6.48. The van der Waals surface area contributed by atoms with Crippen LogP contribution in [0.2, 0.25) is 0 Å². The Hall–Kier alpha value is -1.58. The summed E-state index contributed by atoms with van der Waals surface area (Å²) in [7, 11) is -2.28. The summed E-state index contributed by atoms with van der Waals surface area (Å²) in [6.07, 6.45) is 0. The van der Waals surface area contributed by atoms with Gasteiger partial charge >= 0.3 is 6.03 Å². The number of hydrogen-bond donors (Lipinski definition) is 3. The van der Waals surface area contributed by atoms with Crippen LogP contribution in [-0.2, 0) is 10.0 Å². The van der Waals surface area contributed by atoms with Crippen LogP contribution in [0, 0.1) is 0 Å². The first-order chi connectivity index (χ1) is 10.8. The molecule has 0 radical (unpaired) electrons. The molecule has 0 saturated carbocycles. The molecule has 0 aliphatic heterocycles. The van der Waals surface area contributed by atoms with Gasteiger partial charge in [0.1, 0.15) is 4.90 Å². The zero-order valence-corrected chi connectivity index (χ0v) is 15.9. The van der Waals surface area contributed by atoms with Gasteiger partial charge in [-0.3, -0.25) is 4.72 Å². The third-order valence-electron chi connectivity index (χ3n) is 2.78. The molecule has 9 heteroatoms. The fraction of sp³-hybridized carbons (Fsp3) is 0.0714. The lowest BCUT2D eigenvalue weighted by Crippen LogP contribution is -2.24. The van der Waals surface area contributed by atoms with Crippen LogP contribution in [0.5, 0.6) is 0 Å². The van der Waals surface area contributed by atoms with E-state index in [0.717, 1.165) is 0 Å². The first-order valence-electron chi connectivity index (χ1n) is 6.38. The van der Waals surface area contributed by atoms with Gasteiger partial charge in [0.25, 0.3) is 10.0 Å². The highest BCUT2D eigenvalue weighted by atomic mass is 79.9. The van der Waals surface area contributed by atoms with E-state index in [1.54, 1.807) is 30.3 Å². The smallest absolute Gasteiger partial charge is 0.318 e. The summed E-state index contributed by atoms with van der Waals surface area (Å²) in [4.78, 5) is 11.4. The van der Waals surface area contributed by atoms with E-state index in [4.69, 9.17) is 0 Å². The highest BCUT2D eigenvalue weighted by Crippen LogP contribution is 2.28. The van der Waals surface area contributed by atoms with Crippen molar-refractivity contribution >= 4 is 59.3 Å². The van der Waals surface area contributed by atoms with Crippen molar-refractivity contribution in [1.82, 2.24) is 5.32 Å². The first-order valence-corrected chi connectivity index (χ1v) is 9.45. The molecule has 0 spiro atoms. The number of rotatable bonds is 4. The van der Waals surface area contributed by atoms with Gasteiger partial charge in [-0.05, 0) is 52.3 Å². The zero-order valence-electron chi connectivity index (χ0n) is 11.9. The van der Waals surface area contributed by atoms with Gasteiger partial charge in [0, 0.05) is 21.7 Å². The van der Waals surface area contributed by atoms with Gasteiger partial charge in [0.2, 0.25) is 0 Å². The van der Waals surface area contributed by atoms with Gasteiger partial charge in [-0.1, -0.05) is 22.0 Å². The molecule has 2 aromatic carbocycles. The molecule has 0 unspecified atom stereocenters. The zero-order chi connectivity index (χ0) is 17.0. The maximum Gasteiger partial charge on any atom is 0.318 e. The van der Waals surface area contributed by atoms with Gasteiger partial charge in [-0.15, -0.1) is 0 Å². The molecule has 0 atom stereocenters. The third-order valence-corrected chi connectivity index (χ3v) is 5.65. The van der Waals surface area contributed by atoms with Crippen LogP contribution in [0.4, 0.5) is 16.2 Å². The Morgan fingerprint density at radius 3 is 2.43 bits per heavy atom. The molecule has 0 aliphatic carbocycles. The molecule has 0 heterocycles. The predicted molar refractivity (Wildman–Crippen MR) is 97.2 cm³/mol. The Kier molecular flexibility index (Phi) is 5.66. The molecule has 122 valence electrons. The van der Waals surface area contributed by atoms with Gasteiger partial charge < -0.3 is 10.6 Å². The number of benzene rings is 2. The van der Waals surface area contributed by atoms with Crippen LogP contribution < -0.4 is 15.4 Å². The SMILES string of the molecule is CNC(=O)Nc1cccc(NS(=O)(=O)c2cc(Br)ccc2Br)c1. The number of carbonyl (C=O) groups is 1. The van der Waals surface area contributed by atoms with Crippen molar-refractivity contribution in [3.05, 3.63) is 51.4 Å². The molecular formula is C14H13Br2N3O3S. The molecule has 2 amide bonds. The van der Waals surface area contributed by atoms with E-state index in [0.29, 0.717) is 20.3 Å². The molecule has 2 aromatic rings. The Morgan fingerprint density at radius 2 is 1.74 bits per heavy atom. The fourth-order valence-electron chi connectivity index (χ4n) is 1.75. The average Bonchev–Trinajstić information content (AvgIpc) is 2.49. The van der Waals surface area contributed by atoms with Crippen LogP contribution in [-0.4, -0.2) is 21.5 Å². The summed E-state index contributed by atoms with van der Waals surface area (Å²) in [6, 6.07) is 10.9. The van der Waals surface area contributed by atoms with Gasteiger partial charge in [-0.2, -0.15) is 0 Å². The summed E-state index contributed by atoms with van der Waals surface area (Å²) in [6.45, 7) is 0. The van der Waals surface area contributed by atoms with Crippen LogP contribution in [0.25, 0.3) is 0 Å². The van der Waals surface area contributed by atoms with E-state index in [1.165, 1.54) is 19.2 Å². The standard InChI is InChI=1S/C14H13Br2N3O3S/c1-17-14(20)18-10-3-2-4-11(8-10)19-23(21,22)13-7-9(15)5-6-12(13)16/h2-8,19H,1H3,(H2,17,18,20). The van der Waals surface area contributed by atoms with Crippen LogP contribution in [0.1, 0.15) is 0 Å². The maximum atomic E-state index is 12.5. The number of amides is 2. The van der Waals surface area contributed by atoms with Crippen molar-refractivity contribution in [2.75, 3.05) is 17.1 Å². The first kappa shape index (κ1) is 17.8. The maximum absolute atomic E-state index is 12.5. The summed E-state index contributed by atoms with van der Waals surface area (Å²) < 4.78 is 28.6. The Balaban J connectivity index is 2.29. The number of carbonyl (C=O) groups excluding carboxylic acids is 1. The fourth-order valence-corrected chi connectivity index (χ4v) is 4.30. The third kappa shape index (κ3) is 4.69. The summed E-state index contributed by atoms with van der Waals surface area (Å²) in [5.74, 6) is 0. The minimum absolute atomic E-state index is 0.108. The molecule has 0 aromatic heterocycles. The summed E-state index contributed by atoms with van der Waals surface area (Å²) in [5, 5.41) is 5.00. The summed E-state index contributed by atoms with van der Waals surface area (Å²) in [5.41, 5.74) is 0.809. The number of hydrogen-bond acceptors (Lipinski definition) is 3. The molecule has 0 bridgehead atoms. The highest BCUT2D eigenvalue weighted by molar-refractivity contribution is 9.11. The Morgan fingerprint density at radius 1 is 1.04 bits per heavy atom. The van der Waals surface area contributed by atoms with Gasteiger partial charge in [0.15, 0.2) is 0 Å². The molecule has 3 N–H and O–H groups in total. The monoisotopic (exact) mass is 461 g/mol. The van der Waals surface area contributed by atoms with Crippen molar-refractivity contribution in [3.63, 3.8) is 0 Å². The molecule has 0 saturated heterocycles. The van der Waals surface area contributed by atoms with Crippen molar-refractivity contribution < 1.29 is 13.2 Å².